The van der Waals surface area contributed by atoms with Crippen molar-refractivity contribution in [1.29, 1.82) is 0 Å². The Bertz CT molecular complexity index is 471. The smallest absolute Gasteiger partial charge is 0.242 e. The summed E-state index contributed by atoms with van der Waals surface area (Å²) in [6.45, 7) is 0.705. The highest BCUT2D eigenvalue weighted by atomic mass is 16.5. The van der Waals surface area contributed by atoms with Crippen molar-refractivity contribution in [2.45, 2.75) is 31.7 Å². The molecular weight excluding hydrogens is 256 g/mol. The Morgan fingerprint density at radius 3 is 2.80 bits per heavy atom. The lowest BCUT2D eigenvalue weighted by molar-refractivity contribution is -0.130. The minimum atomic E-state index is -0.368. The average molecular weight is 276 g/mol. The quantitative estimate of drug-likeness (QED) is 0.844. The van der Waals surface area contributed by atoms with Crippen molar-refractivity contribution in [3.05, 3.63) is 29.8 Å². The molecule has 0 spiro atoms. The summed E-state index contributed by atoms with van der Waals surface area (Å²) in [5.74, 6) is 0.647. The normalized spacial score (nSPS) is 18.2. The van der Waals surface area contributed by atoms with Crippen LogP contribution in [-0.4, -0.2) is 31.5 Å². The molecule has 1 atom stereocenters. The van der Waals surface area contributed by atoms with Crippen molar-refractivity contribution < 1.29 is 14.3 Å². The van der Waals surface area contributed by atoms with Crippen LogP contribution in [0.5, 0.6) is 5.75 Å². The number of piperidine rings is 1. The van der Waals surface area contributed by atoms with Crippen LogP contribution >= 0.6 is 0 Å². The van der Waals surface area contributed by atoms with E-state index >= 15 is 0 Å². The first-order valence-corrected chi connectivity index (χ1v) is 6.89. The van der Waals surface area contributed by atoms with Gasteiger partial charge in [-0.15, -0.1) is 0 Å². The summed E-state index contributed by atoms with van der Waals surface area (Å²) >= 11 is 0. The van der Waals surface area contributed by atoms with Crippen molar-refractivity contribution in [2.24, 2.45) is 0 Å². The Hall–Kier alpha value is -2.04. The zero-order chi connectivity index (χ0) is 14.4. The Kier molecular flexibility index (Phi) is 4.98. The lowest BCUT2D eigenvalue weighted by atomic mass is 10.1. The topological polar surface area (TPSA) is 67.4 Å². The molecule has 2 rings (SSSR count). The van der Waals surface area contributed by atoms with Crippen LogP contribution in [0.2, 0.25) is 0 Å². The van der Waals surface area contributed by atoms with Crippen molar-refractivity contribution >= 4 is 11.8 Å². The van der Waals surface area contributed by atoms with Gasteiger partial charge in [0.25, 0.3) is 0 Å². The van der Waals surface area contributed by atoms with E-state index in [0.29, 0.717) is 19.4 Å². The number of hydrogen-bond acceptors (Lipinski definition) is 3. The van der Waals surface area contributed by atoms with E-state index in [1.165, 1.54) is 0 Å². The second-order valence-corrected chi connectivity index (χ2v) is 4.90. The molecule has 1 aliphatic rings. The zero-order valence-corrected chi connectivity index (χ0v) is 11.6. The van der Waals surface area contributed by atoms with E-state index in [1.807, 2.05) is 24.3 Å². The van der Waals surface area contributed by atoms with Gasteiger partial charge in [-0.3, -0.25) is 9.59 Å². The van der Waals surface area contributed by atoms with Crippen LogP contribution in [0.25, 0.3) is 0 Å². The maximum absolute atomic E-state index is 11.8. The Labute approximate surface area is 118 Å². The van der Waals surface area contributed by atoms with E-state index in [-0.39, 0.29) is 17.9 Å². The number of rotatable bonds is 5. The Balaban J connectivity index is 1.77. The molecule has 1 fully saturated rings. The van der Waals surface area contributed by atoms with Gasteiger partial charge in [0.05, 0.1) is 7.11 Å². The fraction of sp³-hybridized carbons (Fsp3) is 0.467. The van der Waals surface area contributed by atoms with Crippen molar-refractivity contribution in [3.8, 4) is 5.75 Å². The molecule has 0 bridgehead atoms. The van der Waals surface area contributed by atoms with E-state index < -0.39 is 0 Å². The van der Waals surface area contributed by atoms with Crippen molar-refractivity contribution in [1.82, 2.24) is 10.6 Å². The third kappa shape index (κ3) is 3.98. The second-order valence-electron chi connectivity index (χ2n) is 4.90. The highest BCUT2D eigenvalue weighted by Crippen LogP contribution is 2.12. The molecule has 0 aromatic heterocycles. The van der Waals surface area contributed by atoms with Crippen LogP contribution in [0.1, 0.15) is 24.8 Å². The van der Waals surface area contributed by atoms with E-state index in [2.05, 4.69) is 10.6 Å². The molecule has 20 heavy (non-hydrogen) atoms. The molecule has 0 radical (unpaired) electrons. The summed E-state index contributed by atoms with van der Waals surface area (Å²) in [6.07, 6.45) is 2.68. The number of carbonyl (C=O) groups excluding carboxylic acids is 2. The van der Waals surface area contributed by atoms with Gasteiger partial charge >= 0.3 is 0 Å². The summed E-state index contributed by atoms with van der Waals surface area (Å²) in [7, 11) is 1.62. The number of aryl methyl sites for hydroxylation is 1. The average Bonchev–Trinajstić information content (AvgIpc) is 2.48. The highest BCUT2D eigenvalue weighted by Gasteiger charge is 2.23. The lowest BCUT2D eigenvalue weighted by Crippen LogP contribution is -2.50. The predicted molar refractivity (Wildman–Crippen MR) is 75.5 cm³/mol. The highest BCUT2D eigenvalue weighted by molar-refractivity contribution is 5.88. The van der Waals surface area contributed by atoms with Crippen molar-refractivity contribution in [2.75, 3.05) is 13.7 Å². The molecule has 1 aliphatic heterocycles. The van der Waals surface area contributed by atoms with E-state index in [9.17, 15) is 9.59 Å². The second kappa shape index (κ2) is 6.93. The number of amides is 2. The van der Waals surface area contributed by atoms with E-state index in [4.69, 9.17) is 4.74 Å². The largest absolute Gasteiger partial charge is 0.497 e. The summed E-state index contributed by atoms with van der Waals surface area (Å²) in [4.78, 5) is 23.4. The molecule has 2 N–H and O–H groups in total. The SMILES string of the molecule is COc1ccc(CCC(=O)N[C@@H]2CCCNC2=O)cc1. The molecule has 1 saturated heterocycles. The Morgan fingerprint density at radius 1 is 1.40 bits per heavy atom. The summed E-state index contributed by atoms with van der Waals surface area (Å²) in [6, 6.07) is 7.27. The molecule has 1 heterocycles. The first-order valence-electron chi connectivity index (χ1n) is 6.89. The van der Waals surface area contributed by atoms with Crippen LogP contribution in [-0.2, 0) is 16.0 Å². The molecule has 108 valence electrons. The number of methoxy groups -OCH3 is 1. The molecule has 0 aliphatic carbocycles. The van der Waals surface area contributed by atoms with E-state index in [0.717, 1.165) is 24.2 Å². The van der Waals surface area contributed by atoms with Gasteiger partial charge in [0.1, 0.15) is 11.8 Å². The van der Waals surface area contributed by atoms with Gasteiger partial charge in [-0.2, -0.15) is 0 Å². The molecule has 5 nitrogen and oxygen atoms in total. The van der Waals surface area contributed by atoms with Crippen LogP contribution in [0.4, 0.5) is 0 Å². The van der Waals surface area contributed by atoms with Gasteiger partial charge in [0, 0.05) is 13.0 Å². The van der Waals surface area contributed by atoms with Crippen LogP contribution in [0.3, 0.4) is 0 Å². The van der Waals surface area contributed by atoms with Gasteiger partial charge in [-0.25, -0.2) is 0 Å². The molecule has 5 heteroatoms. The van der Waals surface area contributed by atoms with Crippen LogP contribution < -0.4 is 15.4 Å². The minimum Gasteiger partial charge on any atom is -0.497 e. The fourth-order valence-electron chi connectivity index (χ4n) is 2.23. The van der Waals surface area contributed by atoms with Crippen LogP contribution in [0.15, 0.2) is 24.3 Å². The summed E-state index contributed by atoms with van der Waals surface area (Å²) in [5.41, 5.74) is 1.08. The first kappa shape index (κ1) is 14.4. The van der Waals surface area contributed by atoms with Crippen molar-refractivity contribution in [3.63, 3.8) is 0 Å². The van der Waals surface area contributed by atoms with Gasteiger partial charge in [0.15, 0.2) is 0 Å². The van der Waals surface area contributed by atoms with E-state index in [1.54, 1.807) is 7.11 Å². The lowest BCUT2D eigenvalue weighted by Gasteiger charge is -2.22. The minimum absolute atomic E-state index is 0.0750. The molecule has 0 unspecified atom stereocenters. The van der Waals surface area contributed by atoms with Gasteiger partial charge in [-0.05, 0) is 37.0 Å². The zero-order valence-electron chi connectivity index (χ0n) is 11.6. The maximum Gasteiger partial charge on any atom is 0.242 e. The number of hydrogen-bond donors (Lipinski definition) is 2. The maximum atomic E-state index is 11.8. The molecular formula is C15H20N2O3. The van der Waals surface area contributed by atoms with Gasteiger partial charge in [0.2, 0.25) is 11.8 Å². The monoisotopic (exact) mass is 276 g/mol. The summed E-state index contributed by atoms with van der Waals surface area (Å²) < 4.78 is 5.08. The third-order valence-electron chi connectivity index (χ3n) is 3.42. The standard InChI is InChI=1S/C15H20N2O3/c1-20-12-7-4-11(5-8-12)6-9-14(18)17-13-3-2-10-16-15(13)19/h4-5,7-8,13H,2-3,6,9-10H2,1H3,(H,16,19)(H,17,18)/t13-/m1/s1. The number of nitrogens with one attached hydrogen (secondary N) is 2. The van der Waals surface area contributed by atoms with Crippen LogP contribution in [0, 0.1) is 0 Å². The third-order valence-corrected chi connectivity index (χ3v) is 3.42. The number of ether oxygens (including phenoxy) is 1. The fourth-order valence-corrected chi connectivity index (χ4v) is 2.23. The first-order chi connectivity index (χ1) is 9.69. The number of benzene rings is 1. The predicted octanol–water partition coefficient (Wildman–Crippen LogP) is 1.02. The molecule has 1 aromatic carbocycles. The number of carbonyl (C=O) groups is 2. The molecule has 0 saturated carbocycles. The Morgan fingerprint density at radius 2 is 2.15 bits per heavy atom. The van der Waals surface area contributed by atoms with Gasteiger partial charge in [-0.1, -0.05) is 12.1 Å². The molecule has 2 amide bonds. The molecule has 1 aromatic rings. The summed E-state index contributed by atoms with van der Waals surface area (Å²) in [5, 5.41) is 5.54. The van der Waals surface area contributed by atoms with Gasteiger partial charge < -0.3 is 15.4 Å².